The van der Waals surface area contributed by atoms with Crippen LogP contribution in [0.1, 0.15) is 0 Å². The summed E-state index contributed by atoms with van der Waals surface area (Å²) in [6.45, 7) is 0. The van der Waals surface area contributed by atoms with E-state index in [9.17, 15) is 4.39 Å². The second-order valence-corrected chi connectivity index (χ2v) is 6.63. The van der Waals surface area contributed by atoms with E-state index in [0.29, 0.717) is 22.1 Å². The highest BCUT2D eigenvalue weighted by Gasteiger charge is 2.08. The van der Waals surface area contributed by atoms with Crippen LogP contribution in [0.5, 0.6) is 5.75 Å². The van der Waals surface area contributed by atoms with Crippen molar-refractivity contribution in [2.75, 3.05) is 17.6 Å². The monoisotopic (exact) mass is 381 g/mol. The van der Waals surface area contributed by atoms with Gasteiger partial charge in [-0.1, -0.05) is 12.1 Å². The summed E-state index contributed by atoms with van der Waals surface area (Å²) >= 11 is 1.19. The molecule has 136 valence electrons. The maximum atomic E-state index is 13.9. The van der Waals surface area contributed by atoms with Gasteiger partial charge in [0.25, 0.3) is 0 Å². The number of halogens is 1. The lowest BCUT2D eigenvalue weighted by Gasteiger charge is -2.09. The van der Waals surface area contributed by atoms with Crippen LogP contribution in [0, 0.1) is 5.82 Å². The summed E-state index contributed by atoms with van der Waals surface area (Å²) in [6.07, 6.45) is 0. The first kappa shape index (κ1) is 17.2. The third-order valence-electron chi connectivity index (χ3n) is 4.05. The maximum Gasteiger partial charge on any atom is 0.183 e. The number of H-pyrrole nitrogens is 1. The number of nitrogen functional groups attached to an aromatic ring is 1. The summed E-state index contributed by atoms with van der Waals surface area (Å²) in [5.74, 6) is 0.808. The molecule has 0 radical (unpaired) electrons. The number of anilines is 2. The number of ether oxygens (including phenoxy) is 1. The van der Waals surface area contributed by atoms with Crippen molar-refractivity contribution < 1.29 is 9.13 Å². The zero-order valence-electron chi connectivity index (χ0n) is 14.4. The van der Waals surface area contributed by atoms with Crippen LogP contribution in [0.2, 0.25) is 0 Å². The van der Waals surface area contributed by atoms with Gasteiger partial charge in [0.1, 0.15) is 17.4 Å². The van der Waals surface area contributed by atoms with Gasteiger partial charge in [0.2, 0.25) is 0 Å². The molecular formula is C19H16FN5OS. The van der Waals surface area contributed by atoms with Crippen LogP contribution < -0.4 is 15.2 Å². The molecule has 2 heterocycles. The third kappa shape index (κ3) is 3.52. The minimum Gasteiger partial charge on any atom is -0.497 e. The highest BCUT2D eigenvalue weighted by atomic mass is 32.2. The Balaban J connectivity index is 1.50. The van der Waals surface area contributed by atoms with Crippen molar-refractivity contribution in [3.63, 3.8) is 0 Å². The van der Waals surface area contributed by atoms with Crippen molar-refractivity contribution in [1.82, 2.24) is 15.2 Å². The summed E-state index contributed by atoms with van der Waals surface area (Å²) in [4.78, 5) is 4.97. The molecule has 0 spiro atoms. The first-order valence-corrected chi connectivity index (χ1v) is 8.93. The van der Waals surface area contributed by atoms with Crippen LogP contribution in [-0.2, 0) is 0 Å². The smallest absolute Gasteiger partial charge is 0.183 e. The Morgan fingerprint density at radius 2 is 1.93 bits per heavy atom. The van der Waals surface area contributed by atoms with E-state index in [-0.39, 0.29) is 5.82 Å². The second kappa shape index (κ2) is 7.16. The number of pyridine rings is 1. The maximum absolute atomic E-state index is 13.9. The van der Waals surface area contributed by atoms with Crippen molar-refractivity contribution in [1.29, 1.82) is 0 Å². The SMILES string of the molecule is COc1ccc(F)c(SNc2ccc(-c3ccc4c(N)[nH]nc4n3)cc2)c1. The number of fused-ring (bicyclic) bond motifs is 1. The molecule has 2 aromatic heterocycles. The Morgan fingerprint density at radius 1 is 1.11 bits per heavy atom. The molecule has 0 amide bonds. The predicted molar refractivity (Wildman–Crippen MR) is 106 cm³/mol. The number of nitrogens with one attached hydrogen (secondary N) is 2. The topological polar surface area (TPSA) is 88.9 Å². The van der Waals surface area contributed by atoms with Crippen LogP contribution in [0.15, 0.2) is 59.5 Å². The molecule has 6 nitrogen and oxygen atoms in total. The fourth-order valence-electron chi connectivity index (χ4n) is 2.59. The second-order valence-electron chi connectivity index (χ2n) is 5.78. The van der Waals surface area contributed by atoms with E-state index in [4.69, 9.17) is 10.5 Å². The number of aromatic amines is 1. The highest BCUT2D eigenvalue weighted by molar-refractivity contribution is 8.00. The number of aromatic nitrogens is 3. The third-order valence-corrected chi connectivity index (χ3v) is 4.92. The Morgan fingerprint density at radius 3 is 2.70 bits per heavy atom. The van der Waals surface area contributed by atoms with Crippen LogP contribution in [0.3, 0.4) is 0 Å². The molecule has 0 aliphatic rings. The number of hydrogen-bond acceptors (Lipinski definition) is 6. The minimum atomic E-state index is -0.305. The molecule has 0 unspecified atom stereocenters. The Kier molecular flexibility index (Phi) is 4.55. The fraction of sp³-hybridized carbons (Fsp3) is 0.0526. The first-order valence-electron chi connectivity index (χ1n) is 8.11. The molecule has 4 aromatic rings. The average molecular weight is 381 g/mol. The summed E-state index contributed by atoms with van der Waals surface area (Å²) in [5, 5.41) is 7.61. The number of methoxy groups -OCH3 is 1. The van der Waals surface area contributed by atoms with E-state index < -0.39 is 0 Å². The molecule has 4 N–H and O–H groups in total. The van der Waals surface area contributed by atoms with Crippen molar-refractivity contribution in [3.05, 3.63) is 60.4 Å². The van der Waals surface area contributed by atoms with Gasteiger partial charge in [-0.15, -0.1) is 0 Å². The highest BCUT2D eigenvalue weighted by Crippen LogP contribution is 2.29. The molecule has 4 rings (SSSR count). The molecule has 0 bridgehead atoms. The molecular weight excluding hydrogens is 365 g/mol. The van der Waals surface area contributed by atoms with Crippen molar-refractivity contribution in [3.8, 4) is 17.0 Å². The van der Waals surface area contributed by atoms with Gasteiger partial charge in [0.15, 0.2) is 5.65 Å². The normalized spacial score (nSPS) is 10.9. The Labute approximate surface area is 159 Å². The van der Waals surface area contributed by atoms with E-state index in [1.807, 2.05) is 36.4 Å². The van der Waals surface area contributed by atoms with Gasteiger partial charge < -0.3 is 15.2 Å². The molecule has 0 saturated heterocycles. The predicted octanol–water partition coefficient (Wildman–Crippen LogP) is 4.47. The molecule has 27 heavy (non-hydrogen) atoms. The summed E-state index contributed by atoms with van der Waals surface area (Å²) in [6, 6.07) is 16.1. The lowest BCUT2D eigenvalue weighted by molar-refractivity contribution is 0.411. The largest absolute Gasteiger partial charge is 0.497 e. The van der Waals surface area contributed by atoms with Gasteiger partial charge in [0, 0.05) is 11.3 Å². The van der Waals surface area contributed by atoms with E-state index >= 15 is 0 Å². The van der Waals surface area contributed by atoms with Crippen molar-refractivity contribution in [2.45, 2.75) is 4.90 Å². The number of nitrogens with zero attached hydrogens (tertiary/aromatic N) is 2. The molecule has 0 atom stereocenters. The first-order chi connectivity index (χ1) is 13.1. The van der Waals surface area contributed by atoms with Crippen molar-refractivity contribution >= 4 is 34.5 Å². The van der Waals surface area contributed by atoms with E-state index in [0.717, 1.165) is 22.3 Å². The van der Waals surface area contributed by atoms with Crippen LogP contribution >= 0.6 is 11.9 Å². The zero-order chi connectivity index (χ0) is 18.8. The van der Waals surface area contributed by atoms with Gasteiger partial charge in [-0.05, 0) is 54.4 Å². The summed E-state index contributed by atoms with van der Waals surface area (Å²) in [7, 11) is 1.55. The number of benzene rings is 2. The Hall–Kier alpha value is -3.26. The minimum absolute atomic E-state index is 0.305. The molecule has 0 aliphatic heterocycles. The van der Waals surface area contributed by atoms with Gasteiger partial charge in [-0.3, -0.25) is 5.10 Å². The Bertz CT molecular complexity index is 1100. The molecule has 0 aliphatic carbocycles. The molecule has 2 aromatic carbocycles. The number of rotatable bonds is 5. The number of nitrogens with two attached hydrogens (primary N) is 1. The van der Waals surface area contributed by atoms with Gasteiger partial charge in [-0.25, -0.2) is 9.37 Å². The molecule has 0 fully saturated rings. The zero-order valence-corrected chi connectivity index (χ0v) is 15.2. The fourth-order valence-corrected chi connectivity index (χ4v) is 3.29. The molecule has 0 saturated carbocycles. The average Bonchev–Trinajstić information content (AvgIpc) is 3.08. The van der Waals surface area contributed by atoms with E-state index in [1.54, 1.807) is 19.2 Å². The number of hydrogen-bond donors (Lipinski definition) is 3. The lowest BCUT2D eigenvalue weighted by Crippen LogP contribution is -1.91. The molecule has 8 heteroatoms. The van der Waals surface area contributed by atoms with Crippen LogP contribution in [0.4, 0.5) is 15.9 Å². The standard InChI is InChI=1S/C19H16FN5OS/c1-26-13-6-8-15(20)17(10-13)27-25-12-4-2-11(3-5-12)16-9-7-14-18(21)23-24-19(14)22-16/h2-10,25H,1H3,(H3,21,22,23,24). The van der Waals surface area contributed by atoms with Crippen LogP contribution in [0.25, 0.3) is 22.3 Å². The van der Waals surface area contributed by atoms with E-state index in [1.165, 1.54) is 18.0 Å². The van der Waals surface area contributed by atoms with Gasteiger partial charge in [0.05, 0.1) is 23.1 Å². The summed E-state index contributed by atoms with van der Waals surface area (Å²) in [5.41, 5.74) is 8.96. The van der Waals surface area contributed by atoms with Crippen molar-refractivity contribution in [2.24, 2.45) is 0 Å². The lowest BCUT2D eigenvalue weighted by atomic mass is 10.1. The summed E-state index contributed by atoms with van der Waals surface area (Å²) < 4.78 is 22.1. The van der Waals surface area contributed by atoms with Gasteiger partial charge in [-0.2, -0.15) is 5.10 Å². The van der Waals surface area contributed by atoms with E-state index in [2.05, 4.69) is 19.9 Å². The van der Waals surface area contributed by atoms with Gasteiger partial charge >= 0.3 is 0 Å². The van der Waals surface area contributed by atoms with Crippen LogP contribution in [-0.4, -0.2) is 22.3 Å². The quantitative estimate of drug-likeness (QED) is 0.442.